The van der Waals surface area contributed by atoms with E-state index in [4.69, 9.17) is 4.74 Å². The molecule has 1 N–H and O–H groups in total. The summed E-state index contributed by atoms with van der Waals surface area (Å²) in [5.74, 6) is 0.880. The molecule has 2 atom stereocenters. The van der Waals surface area contributed by atoms with E-state index >= 15 is 0 Å². The topological polar surface area (TPSA) is 47.3 Å². The Labute approximate surface area is 116 Å². The van der Waals surface area contributed by atoms with E-state index in [0.717, 1.165) is 11.4 Å². The Morgan fingerprint density at radius 2 is 2.32 bits per heavy atom. The van der Waals surface area contributed by atoms with Crippen LogP contribution in [0.3, 0.4) is 0 Å². The van der Waals surface area contributed by atoms with Gasteiger partial charge in [-0.1, -0.05) is 12.1 Å². The summed E-state index contributed by atoms with van der Waals surface area (Å²) in [6.45, 7) is 0.930. The van der Waals surface area contributed by atoms with Gasteiger partial charge in [0.15, 0.2) is 0 Å². The Morgan fingerprint density at radius 3 is 3.05 bits per heavy atom. The maximum atomic E-state index is 9.96. The van der Waals surface area contributed by atoms with Gasteiger partial charge in [0.25, 0.3) is 0 Å². The summed E-state index contributed by atoms with van der Waals surface area (Å²) in [4.78, 5) is 5.63. The molecule has 0 bridgehead atoms. The number of imidazole rings is 1. The number of thioether (sulfide) groups is 1. The van der Waals surface area contributed by atoms with Crippen molar-refractivity contribution in [3.63, 3.8) is 0 Å². The summed E-state index contributed by atoms with van der Waals surface area (Å²) in [5.41, 5.74) is 1.07. The fourth-order valence-corrected chi connectivity index (χ4v) is 2.82. The standard InChI is InChI=1S/C14H16N2O2S/c1-19-11-4-2-3-10(7-11)14-15-5-6-16(14)12-8-18-9-13(12)17/h2-7,12-13,17H,8-9H2,1H3/t12-,13+/m0/s1. The molecule has 2 aromatic rings. The highest BCUT2D eigenvalue weighted by Gasteiger charge is 2.29. The second kappa shape index (κ2) is 5.36. The van der Waals surface area contributed by atoms with Crippen molar-refractivity contribution in [1.29, 1.82) is 0 Å². The Morgan fingerprint density at radius 1 is 1.42 bits per heavy atom. The quantitative estimate of drug-likeness (QED) is 0.873. The summed E-state index contributed by atoms with van der Waals surface area (Å²) >= 11 is 1.71. The molecule has 4 nitrogen and oxygen atoms in total. The van der Waals surface area contributed by atoms with Gasteiger partial charge in [0.2, 0.25) is 0 Å². The van der Waals surface area contributed by atoms with Crippen LogP contribution in [0.25, 0.3) is 11.4 Å². The van der Waals surface area contributed by atoms with Crippen LogP contribution in [-0.4, -0.2) is 40.2 Å². The monoisotopic (exact) mass is 276 g/mol. The summed E-state index contributed by atoms with van der Waals surface area (Å²) < 4.78 is 7.34. The lowest BCUT2D eigenvalue weighted by atomic mass is 10.1. The van der Waals surface area contributed by atoms with Crippen LogP contribution in [0.4, 0.5) is 0 Å². The van der Waals surface area contributed by atoms with Crippen LogP contribution in [0, 0.1) is 0 Å². The Bertz CT molecular complexity index is 570. The van der Waals surface area contributed by atoms with Crippen molar-refractivity contribution < 1.29 is 9.84 Å². The molecule has 0 saturated carbocycles. The van der Waals surface area contributed by atoms with Gasteiger partial charge in [-0.25, -0.2) is 4.98 Å². The van der Waals surface area contributed by atoms with Crippen molar-refractivity contribution in [3.8, 4) is 11.4 Å². The van der Waals surface area contributed by atoms with Crippen LogP contribution in [-0.2, 0) is 4.74 Å². The number of aliphatic hydroxyl groups is 1. The molecule has 1 aromatic carbocycles. The average Bonchev–Trinajstić information content (AvgIpc) is 3.06. The molecule has 2 heterocycles. The van der Waals surface area contributed by atoms with Crippen molar-refractivity contribution in [2.45, 2.75) is 17.0 Å². The molecule has 1 fully saturated rings. The first-order chi connectivity index (χ1) is 9.29. The van der Waals surface area contributed by atoms with E-state index in [1.54, 1.807) is 18.0 Å². The minimum Gasteiger partial charge on any atom is -0.388 e. The summed E-state index contributed by atoms with van der Waals surface area (Å²) in [6.07, 6.45) is 5.27. The Hall–Kier alpha value is -1.30. The number of hydrogen-bond donors (Lipinski definition) is 1. The third kappa shape index (κ3) is 2.41. The molecule has 5 heteroatoms. The smallest absolute Gasteiger partial charge is 0.140 e. The maximum Gasteiger partial charge on any atom is 0.140 e. The van der Waals surface area contributed by atoms with E-state index in [-0.39, 0.29) is 6.04 Å². The molecule has 100 valence electrons. The van der Waals surface area contributed by atoms with Crippen molar-refractivity contribution in [1.82, 2.24) is 9.55 Å². The zero-order valence-corrected chi connectivity index (χ0v) is 11.5. The van der Waals surface area contributed by atoms with E-state index in [2.05, 4.69) is 23.4 Å². The molecule has 0 amide bonds. The third-order valence-electron chi connectivity index (χ3n) is 3.38. The molecule has 19 heavy (non-hydrogen) atoms. The molecule has 3 rings (SSSR count). The van der Waals surface area contributed by atoms with Crippen LogP contribution in [0.15, 0.2) is 41.6 Å². The average molecular weight is 276 g/mol. The molecule has 1 aliphatic rings. The fraction of sp³-hybridized carbons (Fsp3) is 0.357. The molecular formula is C14H16N2O2S. The van der Waals surface area contributed by atoms with E-state index < -0.39 is 6.10 Å². The van der Waals surface area contributed by atoms with Crippen molar-refractivity contribution in [3.05, 3.63) is 36.7 Å². The summed E-state index contributed by atoms with van der Waals surface area (Å²) in [5, 5.41) is 9.96. The fourth-order valence-electron chi connectivity index (χ4n) is 2.36. The van der Waals surface area contributed by atoms with Gasteiger partial charge in [-0.05, 0) is 18.4 Å². The van der Waals surface area contributed by atoms with Gasteiger partial charge in [0, 0.05) is 22.9 Å². The lowest BCUT2D eigenvalue weighted by Crippen LogP contribution is -2.22. The predicted octanol–water partition coefficient (Wildman–Crippen LogP) is 2.20. The van der Waals surface area contributed by atoms with Gasteiger partial charge in [0.05, 0.1) is 19.3 Å². The second-order valence-electron chi connectivity index (χ2n) is 4.56. The van der Waals surface area contributed by atoms with Crippen LogP contribution in [0.1, 0.15) is 6.04 Å². The van der Waals surface area contributed by atoms with Crippen molar-refractivity contribution in [2.75, 3.05) is 19.5 Å². The number of ether oxygens (including phenoxy) is 1. The minimum absolute atomic E-state index is 0.0459. The first-order valence-electron chi connectivity index (χ1n) is 6.22. The number of rotatable bonds is 3. The number of hydrogen-bond acceptors (Lipinski definition) is 4. The summed E-state index contributed by atoms with van der Waals surface area (Å²) in [6, 6.07) is 8.22. The van der Waals surface area contributed by atoms with Crippen LogP contribution in [0.2, 0.25) is 0 Å². The lowest BCUT2D eigenvalue weighted by molar-refractivity contribution is 0.119. The Kier molecular flexibility index (Phi) is 3.59. The van der Waals surface area contributed by atoms with Gasteiger partial charge < -0.3 is 14.4 Å². The number of benzene rings is 1. The number of aliphatic hydroxyl groups excluding tert-OH is 1. The first kappa shape index (κ1) is 12.7. The maximum absolute atomic E-state index is 9.96. The largest absolute Gasteiger partial charge is 0.388 e. The van der Waals surface area contributed by atoms with Crippen molar-refractivity contribution >= 4 is 11.8 Å². The normalized spacial score (nSPS) is 22.8. The second-order valence-corrected chi connectivity index (χ2v) is 5.44. The van der Waals surface area contributed by atoms with E-state index in [1.165, 1.54) is 4.90 Å². The first-order valence-corrected chi connectivity index (χ1v) is 7.45. The van der Waals surface area contributed by atoms with Crippen LogP contribution >= 0.6 is 11.8 Å². The lowest BCUT2D eigenvalue weighted by Gasteiger charge is -2.17. The summed E-state index contributed by atoms with van der Waals surface area (Å²) in [7, 11) is 0. The highest BCUT2D eigenvalue weighted by molar-refractivity contribution is 7.98. The molecule has 1 aliphatic heterocycles. The van der Waals surface area contributed by atoms with E-state index in [1.807, 2.05) is 22.9 Å². The number of nitrogens with zero attached hydrogens (tertiary/aromatic N) is 2. The SMILES string of the molecule is CSc1cccc(-c2nccn2[C@H]2COC[C@H]2O)c1. The third-order valence-corrected chi connectivity index (χ3v) is 4.10. The van der Waals surface area contributed by atoms with Gasteiger partial charge in [0.1, 0.15) is 11.9 Å². The van der Waals surface area contributed by atoms with Gasteiger partial charge >= 0.3 is 0 Å². The van der Waals surface area contributed by atoms with Crippen LogP contribution in [0.5, 0.6) is 0 Å². The Balaban J connectivity index is 1.99. The van der Waals surface area contributed by atoms with E-state index in [9.17, 15) is 5.11 Å². The number of aromatic nitrogens is 2. The van der Waals surface area contributed by atoms with Gasteiger partial charge in [-0.3, -0.25) is 0 Å². The molecule has 0 aliphatic carbocycles. The highest BCUT2D eigenvalue weighted by atomic mass is 32.2. The highest BCUT2D eigenvalue weighted by Crippen LogP contribution is 2.28. The zero-order chi connectivity index (χ0) is 13.2. The molecule has 0 spiro atoms. The molecular weight excluding hydrogens is 260 g/mol. The molecule has 1 aromatic heterocycles. The molecule has 0 radical (unpaired) electrons. The minimum atomic E-state index is -0.461. The van der Waals surface area contributed by atoms with Crippen molar-refractivity contribution in [2.24, 2.45) is 0 Å². The van der Waals surface area contributed by atoms with E-state index in [0.29, 0.717) is 13.2 Å². The van der Waals surface area contributed by atoms with Gasteiger partial charge in [-0.2, -0.15) is 0 Å². The van der Waals surface area contributed by atoms with Crippen LogP contribution < -0.4 is 0 Å². The van der Waals surface area contributed by atoms with Gasteiger partial charge in [-0.15, -0.1) is 11.8 Å². The predicted molar refractivity (Wildman–Crippen MR) is 75.3 cm³/mol. The molecule has 0 unspecified atom stereocenters. The molecule has 1 saturated heterocycles. The zero-order valence-electron chi connectivity index (χ0n) is 10.7.